The van der Waals surface area contributed by atoms with Crippen LogP contribution in [-0.2, 0) is 27.5 Å². The maximum atomic E-state index is 8.52. The zero-order valence-corrected chi connectivity index (χ0v) is 33.7. The molecule has 16 heteroatoms. The second kappa shape index (κ2) is 20.8. The van der Waals surface area contributed by atoms with Gasteiger partial charge in [0, 0.05) is 10.4 Å². The molecule has 4 bridgehead atoms. The van der Waals surface area contributed by atoms with Crippen molar-refractivity contribution < 1.29 is 45.5 Å². The number of fused-ring (bicyclic) bond motifs is 4. The molecular formula is C34H48FeN4O6P4S+4. The zero-order chi connectivity index (χ0) is 32.6. The predicted molar refractivity (Wildman–Crippen MR) is 211 cm³/mol. The Morgan fingerprint density at radius 2 is 0.560 bits per heavy atom. The van der Waals surface area contributed by atoms with Crippen LogP contribution in [0.1, 0.15) is 0 Å². The molecule has 4 N–H and O–H groups in total. The van der Waals surface area contributed by atoms with Crippen molar-refractivity contribution >= 4 is 63.3 Å². The summed E-state index contributed by atoms with van der Waals surface area (Å²) in [6.45, 7) is 2.39. The van der Waals surface area contributed by atoms with Gasteiger partial charge in [-0.25, -0.2) is 19.6 Å². The van der Waals surface area contributed by atoms with Crippen LogP contribution in [0.2, 0.25) is 0 Å². The van der Waals surface area contributed by atoms with Crippen LogP contribution >= 0.6 is 31.7 Å². The molecule has 0 unspecified atom stereocenters. The molecule has 4 heterocycles. The Balaban J connectivity index is 0.000000227. The van der Waals surface area contributed by atoms with Crippen LogP contribution in [0, 0.1) is 0 Å². The van der Waals surface area contributed by atoms with E-state index in [1.54, 1.807) is 21.2 Å². The van der Waals surface area contributed by atoms with Gasteiger partial charge in [0.1, 0.15) is 50.3 Å². The molecule has 4 aliphatic rings. The Kier molecular flexibility index (Phi) is 18.0. The van der Waals surface area contributed by atoms with Crippen LogP contribution in [0.25, 0.3) is 0 Å². The first-order chi connectivity index (χ1) is 22.8. The summed E-state index contributed by atoms with van der Waals surface area (Å²) in [5.41, 5.74) is 0. The largest absolute Gasteiger partial charge is 2.00 e. The van der Waals surface area contributed by atoms with E-state index in [9.17, 15) is 0 Å². The molecular weight excluding hydrogens is 772 g/mol. The van der Waals surface area contributed by atoms with Crippen molar-refractivity contribution in [3.63, 3.8) is 0 Å². The van der Waals surface area contributed by atoms with Gasteiger partial charge in [0.25, 0.3) is 0 Å². The fourth-order valence-corrected chi connectivity index (χ4v) is 18.4. The molecule has 8 rings (SSSR count). The molecule has 0 amide bonds. The minimum atomic E-state index is -5.17. The Hall–Kier alpha value is -1.25. The molecule has 0 spiro atoms. The molecule has 0 radical (unpaired) electrons. The zero-order valence-electron chi connectivity index (χ0n) is 27.8. The van der Waals surface area contributed by atoms with Gasteiger partial charge in [0.05, 0.1) is 66.2 Å². The maximum absolute atomic E-state index is 8.52. The fraction of sp³-hybridized carbons (Fsp3) is 0.294. The Bertz CT molecular complexity index is 1410. The normalized spacial score (nSPS) is 27.9. The van der Waals surface area contributed by atoms with Crippen molar-refractivity contribution in [2.45, 2.75) is 0 Å². The van der Waals surface area contributed by atoms with Crippen molar-refractivity contribution in [1.29, 1.82) is 0 Å². The van der Waals surface area contributed by atoms with Crippen LogP contribution < -0.4 is 21.2 Å². The van der Waals surface area contributed by atoms with E-state index in [-0.39, 0.29) is 28.0 Å². The minimum Gasteiger partial charge on any atom is -0.759 e. The van der Waals surface area contributed by atoms with E-state index < -0.39 is 42.1 Å². The number of hydrogen-bond donors (Lipinski definition) is 0. The maximum Gasteiger partial charge on any atom is 2.00 e. The third-order valence-corrected chi connectivity index (χ3v) is 20.1. The Morgan fingerprint density at radius 3 is 0.720 bits per heavy atom. The van der Waals surface area contributed by atoms with Crippen molar-refractivity contribution in [2.24, 2.45) is 0 Å². The molecule has 0 atom stereocenters. The quantitative estimate of drug-likeness (QED) is 0.131. The molecule has 4 aromatic rings. The van der Waals surface area contributed by atoms with E-state index >= 15 is 0 Å². The first kappa shape index (κ1) is 43.2. The number of nitrogens with zero attached hydrogens (tertiary/aromatic N) is 4. The predicted octanol–water partition coefficient (Wildman–Crippen LogP) is 1.98. The summed E-state index contributed by atoms with van der Waals surface area (Å²) >= 11 is 0. The molecule has 0 aromatic heterocycles. The molecule has 4 aromatic carbocycles. The van der Waals surface area contributed by atoms with Gasteiger partial charge in [-0.1, -0.05) is 72.8 Å². The molecule has 4 fully saturated rings. The monoisotopic (exact) mass is 820 g/mol. The van der Waals surface area contributed by atoms with Crippen LogP contribution in [0.3, 0.4) is 0 Å². The van der Waals surface area contributed by atoms with Crippen molar-refractivity contribution in [2.75, 3.05) is 63.6 Å². The molecule has 4 aliphatic heterocycles. The topological polar surface area (TPSA) is 156 Å². The Morgan fingerprint density at radius 1 is 0.400 bits per heavy atom. The first-order valence-corrected chi connectivity index (χ1v) is 24.9. The Labute approximate surface area is 311 Å². The minimum absolute atomic E-state index is 0. The van der Waals surface area contributed by atoms with Gasteiger partial charge >= 0.3 is 17.1 Å². The second-order valence-corrected chi connectivity index (χ2v) is 23.0. The smallest absolute Gasteiger partial charge is 0.759 e. The summed E-state index contributed by atoms with van der Waals surface area (Å²) in [4.78, 5) is 10.9. The third-order valence-electron chi connectivity index (χ3n) is 8.84. The molecule has 270 valence electrons. The summed E-state index contributed by atoms with van der Waals surface area (Å²) < 4.78 is 34.1. The molecule has 4 saturated heterocycles. The van der Waals surface area contributed by atoms with E-state index in [4.69, 9.17) is 17.5 Å². The standard InChI is InChI=1S/2C17H20N2P2.Fe.H2O4S.2H2O/c2*1-3-7-16(8-4-1)20-12-18-11-19(13-20)15-21(14-18)17-9-5-2-6-10-17;;1-5(2,3)4;;/h2*1-10H,11-15H2;;(H2,1,2,3,4);2*1H2/q;;+2;;;/p+2. The van der Waals surface area contributed by atoms with Gasteiger partial charge in [0.15, 0.2) is 0 Å². The third kappa shape index (κ3) is 13.0. The van der Waals surface area contributed by atoms with E-state index in [0.717, 1.165) is 0 Å². The molecule has 10 nitrogen and oxygen atoms in total. The average Bonchev–Trinajstić information content (AvgIpc) is 3.08. The first-order valence-electron chi connectivity index (χ1n) is 15.9. The number of hydrogen-bond acceptors (Lipinski definition) is 8. The van der Waals surface area contributed by atoms with E-state index in [1.807, 2.05) is 0 Å². The average molecular weight is 821 g/mol. The van der Waals surface area contributed by atoms with Crippen LogP contribution in [0.4, 0.5) is 0 Å². The van der Waals surface area contributed by atoms with Gasteiger partial charge in [-0.05, 0) is 48.5 Å². The molecule has 0 saturated carbocycles. The van der Waals surface area contributed by atoms with Crippen molar-refractivity contribution in [3.8, 4) is 0 Å². The fourth-order valence-electron chi connectivity index (χ4n) is 6.97. The van der Waals surface area contributed by atoms with Gasteiger partial charge in [-0.3, -0.25) is 8.42 Å². The molecule has 0 aliphatic carbocycles. The van der Waals surface area contributed by atoms with E-state index in [2.05, 4.69) is 141 Å². The summed E-state index contributed by atoms with van der Waals surface area (Å²) in [5, 5.41) is 6.42. The number of rotatable bonds is 4. The van der Waals surface area contributed by atoms with Crippen LogP contribution in [-0.4, -0.2) is 112 Å². The number of benzene rings is 4. The second-order valence-electron chi connectivity index (χ2n) is 12.5. The van der Waals surface area contributed by atoms with Crippen molar-refractivity contribution in [1.82, 2.24) is 19.6 Å². The van der Waals surface area contributed by atoms with Crippen LogP contribution in [0.15, 0.2) is 121 Å². The van der Waals surface area contributed by atoms with Gasteiger partial charge < -0.3 is 20.1 Å². The molecule has 50 heavy (non-hydrogen) atoms. The van der Waals surface area contributed by atoms with Gasteiger partial charge in [0.2, 0.25) is 0 Å². The summed E-state index contributed by atoms with van der Waals surface area (Å²) in [6.07, 6.45) is 10.6. The summed E-state index contributed by atoms with van der Waals surface area (Å²) in [7, 11) is -6.85. The van der Waals surface area contributed by atoms with E-state index in [0.29, 0.717) is 0 Å². The van der Waals surface area contributed by atoms with Gasteiger partial charge in [-0.15, -0.1) is 0 Å². The summed E-state index contributed by atoms with van der Waals surface area (Å²) in [5.74, 6) is 0. The van der Waals surface area contributed by atoms with E-state index in [1.165, 1.54) is 63.6 Å². The van der Waals surface area contributed by atoms with Crippen LogP contribution in [0.5, 0.6) is 0 Å². The van der Waals surface area contributed by atoms with Crippen molar-refractivity contribution in [3.05, 3.63) is 121 Å². The SMILES string of the molecule is O.O.O=S(=O)([O-])[O-].[Fe+2].c1ccc([PH+]2CN3CN(C2)C[PH+](c2ccccc2)C3)cc1.c1ccc([PH+]2CN3CN(C2)C[PH+](c2ccccc2)C3)cc1. The van der Waals surface area contributed by atoms with Gasteiger partial charge in [-0.2, -0.15) is 0 Å². The summed E-state index contributed by atoms with van der Waals surface area (Å²) in [6, 6.07) is 44.8.